The number of carbonyl (C=O) groups is 2. The van der Waals surface area contributed by atoms with Crippen molar-refractivity contribution in [3.63, 3.8) is 0 Å². The molecule has 1 atom stereocenters. The molecule has 1 unspecified atom stereocenters. The van der Waals surface area contributed by atoms with Crippen LogP contribution in [-0.4, -0.2) is 37.0 Å². The molecule has 1 heterocycles. The Balaban J connectivity index is 1.79. The van der Waals surface area contributed by atoms with Crippen LogP contribution in [-0.2, 0) is 20.7 Å². The minimum atomic E-state index is -0.575. The Morgan fingerprint density at radius 2 is 1.91 bits per heavy atom. The van der Waals surface area contributed by atoms with E-state index in [4.69, 9.17) is 0 Å². The molecule has 1 fully saturated rings. The third-order valence-electron chi connectivity index (χ3n) is 4.08. The van der Waals surface area contributed by atoms with Crippen molar-refractivity contribution < 1.29 is 23.1 Å². The van der Waals surface area contributed by atoms with Gasteiger partial charge < -0.3 is 9.64 Å². The summed E-state index contributed by atoms with van der Waals surface area (Å²) in [6.07, 6.45) is 2.40. The van der Waals surface area contributed by atoms with Gasteiger partial charge in [-0.3, -0.25) is 9.59 Å². The van der Waals surface area contributed by atoms with Gasteiger partial charge in [0.05, 0.1) is 7.11 Å². The molecule has 0 radical (unpaired) electrons. The third-order valence-corrected chi connectivity index (χ3v) is 4.08. The zero-order valence-corrected chi connectivity index (χ0v) is 13.2. The summed E-state index contributed by atoms with van der Waals surface area (Å²) < 4.78 is 30.9. The molecule has 1 aliphatic rings. The number of amides is 1. The van der Waals surface area contributed by atoms with E-state index in [0.29, 0.717) is 37.9 Å². The first-order chi connectivity index (χ1) is 11.0. The van der Waals surface area contributed by atoms with Gasteiger partial charge in [-0.1, -0.05) is 0 Å². The van der Waals surface area contributed by atoms with Gasteiger partial charge in [-0.05, 0) is 42.9 Å². The number of carbonyl (C=O) groups excluding carboxylic acids is 2. The van der Waals surface area contributed by atoms with Gasteiger partial charge in [-0.25, -0.2) is 8.78 Å². The van der Waals surface area contributed by atoms with Crippen molar-refractivity contribution in [2.45, 2.75) is 32.1 Å². The molecule has 2 rings (SSSR count). The predicted octanol–water partition coefficient (Wildman–Crippen LogP) is 2.70. The van der Waals surface area contributed by atoms with Gasteiger partial charge in [0.1, 0.15) is 11.6 Å². The Kier molecular flexibility index (Phi) is 6.07. The highest BCUT2D eigenvalue weighted by Gasteiger charge is 2.26. The molecular formula is C17H21F2NO3. The molecule has 1 aromatic rings. The first-order valence-electron chi connectivity index (χ1n) is 7.77. The minimum Gasteiger partial charge on any atom is -0.469 e. The van der Waals surface area contributed by atoms with E-state index in [0.717, 1.165) is 12.5 Å². The maximum atomic E-state index is 13.2. The lowest BCUT2D eigenvalue weighted by Gasteiger charge is -2.16. The zero-order valence-electron chi connectivity index (χ0n) is 13.2. The van der Waals surface area contributed by atoms with Gasteiger partial charge in [0.2, 0.25) is 5.91 Å². The molecule has 0 aliphatic carbocycles. The molecule has 0 bridgehead atoms. The lowest BCUT2D eigenvalue weighted by atomic mass is 9.98. The van der Waals surface area contributed by atoms with Crippen molar-refractivity contribution in [2.75, 3.05) is 20.2 Å². The van der Waals surface area contributed by atoms with Crippen molar-refractivity contribution in [3.8, 4) is 0 Å². The Morgan fingerprint density at radius 3 is 2.57 bits per heavy atom. The van der Waals surface area contributed by atoms with Gasteiger partial charge in [0.15, 0.2) is 0 Å². The van der Waals surface area contributed by atoms with Crippen molar-refractivity contribution in [1.29, 1.82) is 0 Å². The quantitative estimate of drug-likeness (QED) is 0.756. The number of hydrogen-bond donors (Lipinski definition) is 0. The van der Waals surface area contributed by atoms with Gasteiger partial charge >= 0.3 is 5.97 Å². The molecule has 6 heteroatoms. The maximum Gasteiger partial charge on any atom is 0.305 e. The Bertz CT molecular complexity index is 557. The smallest absolute Gasteiger partial charge is 0.305 e. The van der Waals surface area contributed by atoms with Crippen molar-refractivity contribution in [2.24, 2.45) is 5.92 Å². The summed E-state index contributed by atoms with van der Waals surface area (Å²) in [4.78, 5) is 24.9. The lowest BCUT2D eigenvalue weighted by molar-refractivity contribution is -0.140. The fourth-order valence-electron chi connectivity index (χ4n) is 2.93. The second-order valence-corrected chi connectivity index (χ2v) is 5.91. The molecule has 1 amide bonds. The van der Waals surface area contributed by atoms with E-state index in [1.807, 2.05) is 0 Å². The van der Waals surface area contributed by atoms with Crippen LogP contribution < -0.4 is 0 Å². The number of ether oxygens (including phenoxy) is 1. The van der Waals surface area contributed by atoms with E-state index < -0.39 is 11.6 Å². The van der Waals surface area contributed by atoms with E-state index in [9.17, 15) is 18.4 Å². The molecule has 0 N–H and O–H groups in total. The molecule has 0 aromatic heterocycles. The molecule has 0 spiro atoms. The molecule has 0 saturated carbocycles. The summed E-state index contributed by atoms with van der Waals surface area (Å²) in [6.45, 7) is 1.24. The molecule has 1 aromatic carbocycles. The number of halogens is 2. The maximum absolute atomic E-state index is 13.2. The molecular weight excluding hydrogens is 304 g/mol. The number of hydrogen-bond acceptors (Lipinski definition) is 3. The number of benzene rings is 1. The molecule has 1 saturated heterocycles. The van der Waals surface area contributed by atoms with Crippen LogP contribution in [0.5, 0.6) is 0 Å². The zero-order chi connectivity index (χ0) is 16.8. The Morgan fingerprint density at radius 1 is 1.22 bits per heavy atom. The van der Waals surface area contributed by atoms with Gasteiger partial charge in [-0.2, -0.15) is 0 Å². The van der Waals surface area contributed by atoms with Crippen LogP contribution in [0.15, 0.2) is 18.2 Å². The van der Waals surface area contributed by atoms with Crippen LogP contribution >= 0.6 is 0 Å². The van der Waals surface area contributed by atoms with Gasteiger partial charge in [0.25, 0.3) is 0 Å². The average Bonchev–Trinajstić information content (AvgIpc) is 2.94. The Hall–Kier alpha value is -1.98. The fraction of sp³-hybridized carbons (Fsp3) is 0.529. The first-order valence-corrected chi connectivity index (χ1v) is 7.77. The minimum absolute atomic E-state index is 0.0156. The van der Waals surface area contributed by atoms with Crippen molar-refractivity contribution in [3.05, 3.63) is 35.4 Å². The summed E-state index contributed by atoms with van der Waals surface area (Å²) in [7, 11) is 1.32. The van der Waals surface area contributed by atoms with Crippen LogP contribution in [0.1, 0.15) is 31.2 Å². The third kappa shape index (κ3) is 5.30. The van der Waals surface area contributed by atoms with E-state index in [1.165, 1.54) is 19.2 Å². The van der Waals surface area contributed by atoms with E-state index >= 15 is 0 Å². The van der Waals surface area contributed by atoms with E-state index in [1.54, 1.807) is 4.90 Å². The number of methoxy groups -OCH3 is 1. The second kappa shape index (κ2) is 8.04. The number of esters is 1. The summed E-state index contributed by atoms with van der Waals surface area (Å²) in [5, 5.41) is 0. The van der Waals surface area contributed by atoms with Gasteiger partial charge in [-0.15, -0.1) is 0 Å². The molecule has 1 aliphatic heterocycles. The summed E-state index contributed by atoms with van der Waals surface area (Å²) in [5.41, 5.74) is 0.618. The van der Waals surface area contributed by atoms with E-state index in [2.05, 4.69) is 4.74 Å². The van der Waals surface area contributed by atoms with Gasteiger partial charge in [0, 0.05) is 32.0 Å². The van der Waals surface area contributed by atoms with Crippen LogP contribution in [0.2, 0.25) is 0 Å². The second-order valence-electron chi connectivity index (χ2n) is 5.91. The fourth-order valence-corrected chi connectivity index (χ4v) is 2.93. The number of nitrogens with zero attached hydrogens (tertiary/aromatic N) is 1. The first kappa shape index (κ1) is 17.4. The molecule has 4 nitrogen and oxygen atoms in total. The predicted molar refractivity (Wildman–Crippen MR) is 80.6 cm³/mol. The summed E-state index contributed by atoms with van der Waals surface area (Å²) >= 11 is 0. The van der Waals surface area contributed by atoms with Crippen LogP contribution in [0, 0.1) is 17.6 Å². The molecule has 23 heavy (non-hydrogen) atoms. The summed E-state index contributed by atoms with van der Waals surface area (Å²) in [6, 6.07) is 3.53. The monoisotopic (exact) mass is 325 g/mol. The highest BCUT2D eigenvalue weighted by atomic mass is 19.1. The highest BCUT2D eigenvalue weighted by Crippen LogP contribution is 2.22. The standard InChI is InChI=1S/C17H21F2NO3/c1-23-17(22)4-2-3-16(21)20-6-5-12(11-20)7-13-8-14(18)10-15(19)9-13/h8-10,12H,2-7,11H2,1H3. The SMILES string of the molecule is COC(=O)CCCC(=O)N1CCC(Cc2cc(F)cc(F)c2)C1. The molecule has 126 valence electrons. The summed E-state index contributed by atoms with van der Waals surface area (Å²) in [5.74, 6) is -1.24. The largest absolute Gasteiger partial charge is 0.469 e. The van der Waals surface area contributed by atoms with Crippen LogP contribution in [0.4, 0.5) is 8.78 Å². The number of rotatable bonds is 6. The van der Waals surface area contributed by atoms with E-state index in [-0.39, 0.29) is 24.2 Å². The normalized spacial score (nSPS) is 17.3. The highest BCUT2D eigenvalue weighted by molar-refractivity contribution is 5.77. The van der Waals surface area contributed by atoms with Crippen molar-refractivity contribution in [1.82, 2.24) is 4.90 Å². The van der Waals surface area contributed by atoms with Crippen LogP contribution in [0.3, 0.4) is 0 Å². The van der Waals surface area contributed by atoms with Crippen LogP contribution in [0.25, 0.3) is 0 Å². The topological polar surface area (TPSA) is 46.6 Å². The lowest BCUT2D eigenvalue weighted by Crippen LogP contribution is -2.28. The average molecular weight is 325 g/mol. The number of likely N-dealkylation sites (tertiary alicyclic amines) is 1. The Labute approximate surface area is 134 Å². The van der Waals surface area contributed by atoms with Crippen molar-refractivity contribution >= 4 is 11.9 Å².